The summed E-state index contributed by atoms with van der Waals surface area (Å²) in [5.41, 5.74) is 0.799. The van der Waals surface area contributed by atoms with Gasteiger partial charge in [-0.1, -0.05) is 41.9 Å². The second-order valence-electron chi connectivity index (χ2n) is 8.35. The molecule has 10 heteroatoms. The standard InChI is InChI=1S/C25H22ClNO7S/c26-18-13-16(9-11-20(18)33-15-5-2-1-3-6-15)35(30,31)27-19-10-12-21-24(19)17-7-4-8-22(25(17)34-21)32-14-23(28)29/h1-9,11,13,19,21,24,27H,10,12,14H2,(H,28,29). The summed E-state index contributed by atoms with van der Waals surface area (Å²) >= 11 is 6.33. The van der Waals surface area contributed by atoms with E-state index in [2.05, 4.69) is 4.72 Å². The van der Waals surface area contributed by atoms with Crippen LogP contribution in [0.1, 0.15) is 24.3 Å². The number of sulfonamides is 1. The minimum atomic E-state index is -3.88. The number of fused-ring (bicyclic) bond motifs is 3. The molecular formula is C25H22ClNO7S. The van der Waals surface area contributed by atoms with Gasteiger partial charge in [0.25, 0.3) is 0 Å². The van der Waals surface area contributed by atoms with Crippen molar-refractivity contribution < 1.29 is 32.5 Å². The maximum absolute atomic E-state index is 13.2. The first-order chi connectivity index (χ1) is 16.8. The molecule has 0 radical (unpaired) electrons. The Balaban J connectivity index is 1.34. The molecule has 8 nitrogen and oxygen atoms in total. The fraction of sp³-hybridized carbons (Fsp3) is 0.240. The third-order valence-electron chi connectivity index (χ3n) is 6.08. The Morgan fingerprint density at radius 1 is 1.06 bits per heavy atom. The van der Waals surface area contributed by atoms with Crippen LogP contribution < -0.4 is 18.9 Å². The van der Waals surface area contributed by atoms with Crippen LogP contribution in [0.2, 0.25) is 5.02 Å². The van der Waals surface area contributed by atoms with E-state index in [4.69, 9.17) is 30.9 Å². The number of benzene rings is 3. The molecule has 0 aromatic heterocycles. The van der Waals surface area contributed by atoms with Crippen molar-refractivity contribution >= 4 is 27.6 Å². The summed E-state index contributed by atoms with van der Waals surface area (Å²) in [5, 5.41) is 9.09. The van der Waals surface area contributed by atoms with Crippen molar-refractivity contribution in [3.8, 4) is 23.0 Å². The fourth-order valence-electron chi connectivity index (χ4n) is 4.58. The number of carboxylic acid groups (broad SMARTS) is 1. The van der Waals surface area contributed by atoms with Gasteiger partial charge in [0.05, 0.1) is 9.92 Å². The van der Waals surface area contributed by atoms with E-state index < -0.39 is 28.6 Å². The van der Waals surface area contributed by atoms with Crippen molar-refractivity contribution in [2.75, 3.05) is 6.61 Å². The highest BCUT2D eigenvalue weighted by Gasteiger charge is 2.47. The monoisotopic (exact) mass is 515 g/mol. The second kappa shape index (κ2) is 9.41. The van der Waals surface area contributed by atoms with Crippen LogP contribution in [-0.2, 0) is 14.8 Å². The van der Waals surface area contributed by atoms with Crippen LogP contribution in [-0.4, -0.2) is 38.2 Å². The van der Waals surface area contributed by atoms with E-state index in [9.17, 15) is 13.2 Å². The molecular weight excluding hydrogens is 494 g/mol. The van der Waals surface area contributed by atoms with E-state index in [-0.39, 0.29) is 21.9 Å². The van der Waals surface area contributed by atoms with Crippen LogP contribution >= 0.6 is 11.6 Å². The zero-order valence-electron chi connectivity index (χ0n) is 18.4. The van der Waals surface area contributed by atoms with Gasteiger partial charge in [0.2, 0.25) is 10.0 Å². The molecule has 0 spiro atoms. The molecule has 1 saturated carbocycles. The van der Waals surface area contributed by atoms with Crippen molar-refractivity contribution in [3.63, 3.8) is 0 Å². The summed E-state index contributed by atoms with van der Waals surface area (Å²) in [6, 6.07) is 18.3. The molecule has 0 saturated heterocycles. The minimum Gasteiger partial charge on any atom is -0.486 e. The van der Waals surface area contributed by atoms with Crippen molar-refractivity contribution in [2.45, 2.75) is 35.8 Å². The van der Waals surface area contributed by atoms with Gasteiger partial charge in [0, 0.05) is 17.5 Å². The Hall–Kier alpha value is -3.27. The quantitative estimate of drug-likeness (QED) is 0.451. The molecule has 5 rings (SSSR count). The first kappa shape index (κ1) is 23.5. The number of hydrogen-bond donors (Lipinski definition) is 2. The smallest absolute Gasteiger partial charge is 0.341 e. The molecule has 182 valence electrons. The lowest BCUT2D eigenvalue weighted by atomic mass is 9.94. The summed E-state index contributed by atoms with van der Waals surface area (Å²) in [7, 11) is -3.88. The summed E-state index contributed by atoms with van der Waals surface area (Å²) in [4.78, 5) is 10.9. The lowest BCUT2D eigenvalue weighted by Crippen LogP contribution is -2.37. The molecule has 3 atom stereocenters. The van der Waals surface area contributed by atoms with Gasteiger partial charge >= 0.3 is 5.97 Å². The number of ether oxygens (including phenoxy) is 3. The molecule has 0 amide bonds. The topological polar surface area (TPSA) is 111 Å². The number of para-hydroxylation sites is 2. The van der Waals surface area contributed by atoms with E-state index in [0.29, 0.717) is 35.8 Å². The highest BCUT2D eigenvalue weighted by molar-refractivity contribution is 7.89. The number of aliphatic carboxylic acids is 1. The fourth-order valence-corrected chi connectivity index (χ4v) is 6.19. The number of nitrogens with one attached hydrogen (secondary N) is 1. The Kier molecular flexibility index (Phi) is 6.31. The van der Waals surface area contributed by atoms with Crippen molar-refractivity contribution in [3.05, 3.63) is 77.3 Å². The van der Waals surface area contributed by atoms with Gasteiger partial charge in [-0.2, -0.15) is 0 Å². The molecule has 2 aliphatic rings. The Morgan fingerprint density at radius 3 is 2.60 bits per heavy atom. The van der Waals surface area contributed by atoms with Crippen molar-refractivity contribution in [1.29, 1.82) is 0 Å². The first-order valence-corrected chi connectivity index (χ1v) is 12.9. The number of halogens is 1. The molecule has 0 bridgehead atoms. The van der Waals surface area contributed by atoms with Crippen LogP contribution in [0.3, 0.4) is 0 Å². The van der Waals surface area contributed by atoms with E-state index in [1.807, 2.05) is 24.3 Å². The number of carbonyl (C=O) groups is 1. The summed E-state index contributed by atoms with van der Waals surface area (Å²) in [6.07, 6.45) is 1.02. The highest BCUT2D eigenvalue weighted by Crippen LogP contribution is 2.51. The number of rotatable bonds is 8. The molecule has 35 heavy (non-hydrogen) atoms. The lowest BCUT2D eigenvalue weighted by Gasteiger charge is -2.20. The molecule has 3 aromatic carbocycles. The third kappa shape index (κ3) is 4.80. The minimum absolute atomic E-state index is 0.0315. The molecule has 3 aromatic rings. The van der Waals surface area contributed by atoms with Crippen LogP contribution in [0.5, 0.6) is 23.0 Å². The van der Waals surface area contributed by atoms with Crippen LogP contribution in [0.25, 0.3) is 0 Å². The Morgan fingerprint density at radius 2 is 1.86 bits per heavy atom. The first-order valence-electron chi connectivity index (χ1n) is 11.0. The molecule has 1 fully saturated rings. The van der Waals surface area contributed by atoms with Gasteiger partial charge in [-0.25, -0.2) is 17.9 Å². The molecule has 1 aliphatic carbocycles. The maximum Gasteiger partial charge on any atom is 0.341 e. The predicted octanol–water partition coefficient (Wildman–Crippen LogP) is 4.58. The predicted molar refractivity (Wildman–Crippen MR) is 128 cm³/mol. The van der Waals surface area contributed by atoms with Gasteiger partial charge in [-0.3, -0.25) is 0 Å². The van der Waals surface area contributed by atoms with Crippen molar-refractivity contribution in [1.82, 2.24) is 4.72 Å². The molecule has 1 heterocycles. The average molecular weight is 516 g/mol. The largest absolute Gasteiger partial charge is 0.486 e. The maximum atomic E-state index is 13.2. The van der Waals surface area contributed by atoms with E-state index in [1.165, 1.54) is 18.2 Å². The molecule has 3 unspecified atom stereocenters. The number of carboxylic acids is 1. The third-order valence-corrected chi connectivity index (χ3v) is 7.86. The number of hydrogen-bond acceptors (Lipinski definition) is 6. The molecule has 2 N–H and O–H groups in total. The van der Waals surface area contributed by atoms with Gasteiger partial charge < -0.3 is 19.3 Å². The van der Waals surface area contributed by atoms with E-state index >= 15 is 0 Å². The van der Waals surface area contributed by atoms with Crippen molar-refractivity contribution in [2.24, 2.45) is 0 Å². The highest BCUT2D eigenvalue weighted by atomic mass is 35.5. The Bertz CT molecular complexity index is 1360. The Labute approximate surface area is 207 Å². The van der Waals surface area contributed by atoms with Gasteiger partial charge in [0.1, 0.15) is 17.6 Å². The summed E-state index contributed by atoms with van der Waals surface area (Å²) in [6.45, 7) is -0.490. The van der Waals surface area contributed by atoms with Gasteiger partial charge in [0.15, 0.2) is 18.1 Å². The molecule has 1 aliphatic heterocycles. The summed E-state index contributed by atoms with van der Waals surface area (Å²) < 4.78 is 46.4. The SMILES string of the molecule is O=C(O)COc1cccc2c1OC1CCC(NS(=O)(=O)c3ccc(Oc4ccccc4)c(Cl)c3)C21. The van der Waals surface area contributed by atoms with E-state index in [1.54, 1.807) is 24.3 Å². The zero-order chi connectivity index (χ0) is 24.6. The van der Waals surface area contributed by atoms with Gasteiger partial charge in [-0.05, 0) is 49.2 Å². The van der Waals surface area contributed by atoms with Crippen LogP contribution in [0, 0.1) is 0 Å². The zero-order valence-corrected chi connectivity index (χ0v) is 20.0. The lowest BCUT2D eigenvalue weighted by molar-refractivity contribution is -0.139. The van der Waals surface area contributed by atoms with Gasteiger partial charge in [-0.15, -0.1) is 0 Å². The average Bonchev–Trinajstić information content (AvgIpc) is 3.39. The van der Waals surface area contributed by atoms with Crippen LogP contribution in [0.15, 0.2) is 71.6 Å². The second-order valence-corrected chi connectivity index (χ2v) is 10.5. The van der Waals surface area contributed by atoms with E-state index in [0.717, 1.165) is 5.56 Å². The normalized spacial score (nSPS) is 20.5. The van der Waals surface area contributed by atoms with Crippen LogP contribution in [0.4, 0.5) is 0 Å². The summed E-state index contributed by atoms with van der Waals surface area (Å²) in [5.74, 6) is 0.436.